The molecule has 0 aliphatic heterocycles. The zero-order chi connectivity index (χ0) is 20.6. The van der Waals surface area contributed by atoms with E-state index in [-0.39, 0.29) is 9.79 Å². The lowest BCUT2D eigenvalue weighted by atomic mass is 10.1. The molecule has 1 N–H and O–H groups in total. The van der Waals surface area contributed by atoms with Gasteiger partial charge in [0.15, 0.2) is 0 Å². The third-order valence-electron chi connectivity index (χ3n) is 4.74. The van der Waals surface area contributed by atoms with Gasteiger partial charge in [0.2, 0.25) is 9.84 Å². The molecule has 3 aromatic carbocycles. The molecule has 0 saturated heterocycles. The van der Waals surface area contributed by atoms with Gasteiger partial charge < -0.3 is 5.32 Å². The molecule has 0 saturated carbocycles. The lowest BCUT2D eigenvalue weighted by molar-refractivity contribution is 0.596. The summed E-state index contributed by atoms with van der Waals surface area (Å²) in [4.78, 5) is 4.70. The molecule has 0 fully saturated rings. The van der Waals surface area contributed by atoms with E-state index in [0.717, 1.165) is 16.8 Å². The highest BCUT2D eigenvalue weighted by atomic mass is 35.5. The monoisotopic (exact) mass is 422 g/mol. The first-order valence-electron chi connectivity index (χ1n) is 9.08. The Morgan fingerprint density at radius 1 is 0.862 bits per heavy atom. The summed E-state index contributed by atoms with van der Waals surface area (Å²) in [7, 11) is -3.79. The first-order chi connectivity index (χ1) is 13.8. The quantitative estimate of drug-likeness (QED) is 0.432. The van der Waals surface area contributed by atoms with Crippen LogP contribution in [0, 0.1) is 13.8 Å². The molecule has 0 aliphatic carbocycles. The summed E-state index contributed by atoms with van der Waals surface area (Å²) >= 11 is 6.21. The molecule has 4 rings (SSSR count). The van der Waals surface area contributed by atoms with Crippen LogP contribution in [-0.4, -0.2) is 13.4 Å². The van der Waals surface area contributed by atoms with Crippen LogP contribution < -0.4 is 5.32 Å². The van der Waals surface area contributed by atoms with Crippen molar-refractivity contribution in [2.24, 2.45) is 0 Å². The smallest absolute Gasteiger partial charge is 0.210 e. The number of fused-ring (bicyclic) bond motifs is 1. The van der Waals surface area contributed by atoms with Gasteiger partial charge in [0.25, 0.3) is 0 Å². The zero-order valence-corrected chi connectivity index (χ0v) is 17.6. The third-order valence-corrected chi connectivity index (χ3v) is 6.75. The summed E-state index contributed by atoms with van der Waals surface area (Å²) in [6.45, 7) is 3.92. The van der Waals surface area contributed by atoms with E-state index in [9.17, 15) is 8.42 Å². The van der Waals surface area contributed by atoms with Crippen molar-refractivity contribution in [3.8, 4) is 0 Å². The summed E-state index contributed by atoms with van der Waals surface area (Å²) in [5, 5.41) is 4.43. The average Bonchev–Trinajstić information content (AvgIpc) is 2.70. The van der Waals surface area contributed by atoms with Crippen LogP contribution in [0.4, 0.5) is 11.4 Å². The number of halogens is 1. The molecule has 0 aliphatic rings. The van der Waals surface area contributed by atoms with E-state index in [0.29, 0.717) is 21.6 Å². The number of nitrogens with zero attached hydrogens (tertiary/aromatic N) is 1. The lowest BCUT2D eigenvalue weighted by Gasteiger charge is -2.16. The van der Waals surface area contributed by atoms with Gasteiger partial charge in [0.05, 0.1) is 16.1 Å². The molecule has 4 nitrogen and oxygen atoms in total. The SMILES string of the molecule is Cc1ccc(Nc2c(S(=O)(=O)c3ccc(C)cc3)cnc3ccc(Cl)cc23)cc1. The molecule has 1 aromatic heterocycles. The van der Waals surface area contributed by atoms with Gasteiger partial charge in [-0.1, -0.05) is 47.0 Å². The molecule has 0 amide bonds. The van der Waals surface area contributed by atoms with Crippen LogP contribution in [0.3, 0.4) is 0 Å². The molecule has 0 unspecified atom stereocenters. The topological polar surface area (TPSA) is 59.1 Å². The number of nitrogens with one attached hydrogen (secondary N) is 1. The molecular formula is C23H19ClN2O2S. The van der Waals surface area contributed by atoms with Crippen molar-refractivity contribution < 1.29 is 8.42 Å². The second-order valence-electron chi connectivity index (χ2n) is 6.97. The number of aromatic nitrogens is 1. The van der Waals surface area contributed by atoms with E-state index in [1.165, 1.54) is 6.20 Å². The van der Waals surface area contributed by atoms with Gasteiger partial charge in [-0.25, -0.2) is 8.42 Å². The number of sulfone groups is 1. The van der Waals surface area contributed by atoms with E-state index < -0.39 is 9.84 Å². The first kappa shape index (κ1) is 19.4. The van der Waals surface area contributed by atoms with Gasteiger partial charge in [-0.3, -0.25) is 4.98 Å². The van der Waals surface area contributed by atoms with Crippen molar-refractivity contribution in [2.45, 2.75) is 23.6 Å². The van der Waals surface area contributed by atoms with Crippen molar-refractivity contribution in [1.29, 1.82) is 0 Å². The van der Waals surface area contributed by atoms with Gasteiger partial charge in [-0.2, -0.15) is 0 Å². The van der Waals surface area contributed by atoms with E-state index in [4.69, 9.17) is 11.6 Å². The van der Waals surface area contributed by atoms with Crippen LogP contribution in [0.25, 0.3) is 10.9 Å². The fourth-order valence-corrected chi connectivity index (χ4v) is 4.65. The fraction of sp³-hybridized carbons (Fsp3) is 0.0870. The molecule has 146 valence electrons. The predicted molar refractivity (Wildman–Crippen MR) is 118 cm³/mol. The number of pyridine rings is 1. The molecule has 4 aromatic rings. The summed E-state index contributed by atoms with van der Waals surface area (Å²) in [5.74, 6) is 0. The Kier molecular flexibility index (Phi) is 5.03. The van der Waals surface area contributed by atoms with Crippen molar-refractivity contribution in [3.63, 3.8) is 0 Å². The Morgan fingerprint density at radius 3 is 2.14 bits per heavy atom. The highest BCUT2D eigenvalue weighted by Gasteiger charge is 2.24. The lowest BCUT2D eigenvalue weighted by Crippen LogP contribution is -2.07. The Labute approximate surface area is 175 Å². The number of benzene rings is 3. The van der Waals surface area contributed by atoms with Crippen LogP contribution in [0.2, 0.25) is 5.02 Å². The summed E-state index contributed by atoms with van der Waals surface area (Å²) in [6, 6.07) is 19.8. The number of anilines is 2. The Bertz CT molecular complexity index is 1300. The standard InChI is InChI=1S/C23H19ClN2O2S/c1-15-3-8-18(9-4-15)26-23-20-13-17(24)7-12-21(20)25-14-22(23)29(27,28)19-10-5-16(2)6-11-19/h3-14H,1-2H3,(H,25,26). The maximum atomic E-state index is 13.4. The van der Waals surface area contributed by atoms with Crippen molar-refractivity contribution in [3.05, 3.63) is 89.1 Å². The Morgan fingerprint density at radius 2 is 1.48 bits per heavy atom. The van der Waals surface area contributed by atoms with Crippen LogP contribution in [0.5, 0.6) is 0 Å². The van der Waals surface area contributed by atoms with E-state index in [1.54, 1.807) is 42.5 Å². The summed E-state index contributed by atoms with van der Waals surface area (Å²) in [6.07, 6.45) is 1.40. The number of rotatable bonds is 4. The maximum absolute atomic E-state index is 13.4. The molecule has 0 radical (unpaired) electrons. The molecule has 6 heteroatoms. The van der Waals surface area contributed by atoms with Crippen molar-refractivity contribution in [1.82, 2.24) is 4.98 Å². The fourth-order valence-electron chi connectivity index (χ4n) is 3.10. The van der Waals surface area contributed by atoms with Gasteiger partial charge in [0.1, 0.15) is 4.90 Å². The minimum Gasteiger partial charge on any atom is -0.354 e. The average molecular weight is 423 g/mol. The highest BCUT2D eigenvalue weighted by Crippen LogP contribution is 2.36. The van der Waals surface area contributed by atoms with Gasteiger partial charge in [-0.05, 0) is 56.3 Å². The number of aryl methyl sites for hydroxylation is 2. The maximum Gasteiger partial charge on any atom is 0.210 e. The summed E-state index contributed by atoms with van der Waals surface area (Å²) in [5.41, 5.74) is 4.01. The summed E-state index contributed by atoms with van der Waals surface area (Å²) < 4.78 is 26.9. The minimum atomic E-state index is -3.79. The van der Waals surface area contributed by atoms with E-state index in [1.807, 2.05) is 38.1 Å². The predicted octanol–water partition coefficient (Wildman–Crippen LogP) is 6.08. The second kappa shape index (κ2) is 7.50. The van der Waals surface area contributed by atoms with E-state index >= 15 is 0 Å². The van der Waals surface area contributed by atoms with E-state index in [2.05, 4.69) is 10.3 Å². The van der Waals surface area contributed by atoms with Crippen LogP contribution in [0.15, 0.2) is 82.7 Å². The van der Waals surface area contributed by atoms with Gasteiger partial charge >= 0.3 is 0 Å². The molecule has 29 heavy (non-hydrogen) atoms. The number of hydrogen-bond donors (Lipinski definition) is 1. The number of hydrogen-bond acceptors (Lipinski definition) is 4. The van der Waals surface area contributed by atoms with Crippen LogP contribution in [0.1, 0.15) is 11.1 Å². The zero-order valence-electron chi connectivity index (χ0n) is 16.0. The molecule has 1 heterocycles. The minimum absolute atomic E-state index is 0.108. The first-order valence-corrected chi connectivity index (χ1v) is 10.9. The van der Waals surface area contributed by atoms with Crippen molar-refractivity contribution >= 4 is 43.7 Å². The van der Waals surface area contributed by atoms with Gasteiger partial charge in [-0.15, -0.1) is 0 Å². The Hall–Kier alpha value is -2.89. The molecule has 0 spiro atoms. The third kappa shape index (κ3) is 3.84. The normalized spacial score (nSPS) is 11.6. The molecular weight excluding hydrogens is 404 g/mol. The van der Waals surface area contributed by atoms with Crippen molar-refractivity contribution in [2.75, 3.05) is 5.32 Å². The molecule has 0 atom stereocenters. The highest BCUT2D eigenvalue weighted by molar-refractivity contribution is 7.91. The largest absolute Gasteiger partial charge is 0.354 e. The van der Waals surface area contributed by atoms with Gasteiger partial charge in [0, 0.05) is 22.3 Å². The Balaban J connectivity index is 1.95. The van der Waals surface area contributed by atoms with Crippen LogP contribution in [-0.2, 0) is 9.84 Å². The second-order valence-corrected chi connectivity index (χ2v) is 9.32. The molecule has 0 bridgehead atoms. The van der Waals surface area contributed by atoms with Crippen LogP contribution >= 0.6 is 11.6 Å².